The Kier molecular flexibility index (Phi) is 5.74. The van der Waals surface area contributed by atoms with Crippen LogP contribution >= 0.6 is 0 Å². The highest BCUT2D eigenvalue weighted by atomic mass is 15.3. The summed E-state index contributed by atoms with van der Waals surface area (Å²) >= 11 is 0. The van der Waals surface area contributed by atoms with Crippen LogP contribution in [-0.2, 0) is 0 Å². The van der Waals surface area contributed by atoms with Crippen molar-refractivity contribution in [3.8, 4) is 0 Å². The highest BCUT2D eigenvalue weighted by molar-refractivity contribution is 5.61. The average Bonchev–Trinajstić information content (AvgIpc) is 2.64. The number of nitrogens with one attached hydrogen (secondary N) is 1. The van der Waals surface area contributed by atoms with Gasteiger partial charge in [0.2, 0.25) is 5.95 Å². The Balaban J connectivity index is 1.75. The Morgan fingerprint density at radius 1 is 1.00 bits per heavy atom. The van der Waals surface area contributed by atoms with Crippen LogP contribution in [-0.4, -0.2) is 36.1 Å². The zero-order chi connectivity index (χ0) is 17.6. The highest BCUT2D eigenvalue weighted by Crippen LogP contribution is 2.23. The van der Waals surface area contributed by atoms with E-state index >= 15 is 0 Å². The molecule has 0 amide bonds. The first-order valence-corrected chi connectivity index (χ1v) is 9.42. The topological polar surface area (TPSA) is 44.3 Å². The molecule has 1 fully saturated rings. The highest BCUT2D eigenvalue weighted by Gasteiger charge is 2.14. The molecular formula is C20H29N5. The zero-order valence-electron chi connectivity index (χ0n) is 15.6. The van der Waals surface area contributed by atoms with Crippen LogP contribution in [0.3, 0.4) is 0 Å². The second kappa shape index (κ2) is 8.19. The molecule has 0 aliphatic carbocycles. The van der Waals surface area contributed by atoms with Gasteiger partial charge in [-0.2, -0.15) is 4.98 Å². The van der Waals surface area contributed by atoms with Gasteiger partial charge in [0.05, 0.1) is 0 Å². The van der Waals surface area contributed by atoms with Crippen molar-refractivity contribution >= 4 is 23.1 Å². The van der Waals surface area contributed by atoms with Crippen molar-refractivity contribution in [2.45, 2.75) is 40.0 Å². The minimum absolute atomic E-state index is 0.849. The van der Waals surface area contributed by atoms with Gasteiger partial charge < -0.3 is 15.1 Å². The molecule has 1 aliphatic rings. The molecule has 0 unspecified atom stereocenters. The number of anilines is 4. The van der Waals surface area contributed by atoms with Crippen LogP contribution in [0.2, 0.25) is 0 Å². The third-order valence-corrected chi connectivity index (χ3v) is 4.75. The summed E-state index contributed by atoms with van der Waals surface area (Å²) in [5, 5.41) is 3.43. The molecule has 1 N–H and O–H groups in total. The molecule has 2 heterocycles. The molecule has 5 nitrogen and oxygen atoms in total. The van der Waals surface area contributed by atoms with Crippen molar-refractivity contribution < 1.29 is 0 Å². The van der Waals surface area contributed by atoms with Crippen molar-refractivity contribution in [3.05, 3.63) is 36.0 Å². The summed E-state index contributed by atoms with van der Waals surface area (Å²) in [4.78, 5) is 14.0. The summed E-state index contributed by atoms with van der Waals surface area (Å²) in [5.74, 6) is 1.71. The Bertz CT molecular complexity index is 673. The van der Waals surface area contributed by atoms with Gasteiger partial charge in [0.1, 0.15) is 5.82 Å². The molecule has 1 aromatic carbocycles. The third kappa shape index (κ3) is 4.41. The van der Waals surface area contributed by atoms with Gasteiger partial charge in [0.15, 0.2) is 0 Å². The van der Waals surface area contributed by atoms with Gasteiger partial charge in [-0.3, -0.25) is 0 Å². The standard InChI is InChI=1S/C20H29N5/c1-4-24(5-2)18-11-9-17(10-12-18)22-19-15-16(3)21-20(23-19)25-13-7-6-8-14-25/h9-12,15H,4-8,13-14H2,1-3H3,(H,21,22,23). The van der Waals surface area contributed by atoms with Crippen molar-refractivity contribution in [1.82, 2.24) is 9.97 Å². The average molecular weight is 339 g/mol. The summed E-state index contributed by atoms with van der Waals surface area (Å²) in [7, 11) is 0. The second-order valence-corrected chi connectivity index (χ2v) is 6.59. The van der Waals surface area contributed by atoms with Crippen LogP contribution in [0.5, 0.6) is 0 Å². The van der Waals surface area contributed by atoms with E-state index in [1.165, 1.54) is 24.9 Å². The predicted molar refractivity (Wildman–Crippen MR) is 106 cm³/mol. The van der Waals surface area contributed by atoms with Gasteiger partial charge in [-0.1, -0.05) is 0 Å². The monoisotopic (exact) mass is 339 g/mol. The maximum atomic E-state index is 4.74. The third-order valence-electron chi connectivity index (χ3n) is 4.75. The number of hydrogen-bond donors (Lipinski definition) is 1. The van der Waals surface area contributed by atoms with Gasteiger partial charge in [-0.15, -0.1) is 0 Å². The number of benzene rings is 1. The number of aromatic nitrogens is 2. The van der Waals surface area contributed by atoms with E-state index in [1.54, 1.807) is 0 Å². The molecule has 1 aliphatic heterocycles. The summed E-state index contributed by atoms with van der Waals surface area (Å²) < 4.78 is 0. The molecule has 0 bridgehead atoms. The summed E-state index contributed by atoms with van der Waals surface area (Å²) in [6, 6.07) is 10.6. The van der Waals surface area contributed by atoms with E-state index in [0.29, 0.717) is 0 Å². The lowest BCUT2D eigenvalue weighted by Gasteiger charge is -2.27. The normalized spacial score (nSPS) is 14.4. The molecule has 25 heavy (non-hydrogen) atoms. The lowest BCUT2D eigenvalue weighted by Crippen LogP contribution is -2.31. The molecule has 0 atom stereocenters. The van der Waals surface area contributed by atoms with E-state index in [4.69, 9.17) is 4.98 Å². The van der Waals surface area contributed by atoms with Crippen LogP contribution in [0.15, 0.2) is 30.3 Å². The summed E-state index contributed by atoms with van der Waals surface area (Å²) in [5.41, 5.74) is 3.31. The number of hydrogen-bond acceptors (Lipinski definition) is 5. The Morgan fingerprint density at radius 2 is 1.68 bits per heavy atom. The van der Waals surface area contributed by atoms with E-state index in [9.17, 15) is 0 Å². The zero-order valence-corrected chi connectivity index (χ0v) is 15.6. The molecule has 1 saturated heterocycles. The van der Waals surface area contributed by atoms with Crippen LogP contribution in [0.4, 0.5) is 23.1 Å². The second-order valence-electron chi connectivity index (χ2n) is 6.59. The largest absolute Gasteiger partial charge is 0.372 e. The minimum atomic E-state index is 0.849. The molecule has 5 heteroatoms. The lowest BCUT2D eigenvalue weighted by molar-refractivity contribution is 0.568. The molecule has 3 rings (SSSR count). The van der Waals surface area contributed by atoms with Crippen LogP contribution in [0.25, 0.3) is 0 Å². The van der Waals surface area contributed by atoms with Crippen molar-refractivity contribution in [1.29, 1.82) is 0 Å². The molecule has 0 saturated carbocycles. The number of aryl methyl sites for hydroxylation is 1. The van der Waals surface area contributed by atoms with Gasteiger partial charge in [0.25, 0.3) is 0 Å². The molecule has 134 valence electrons. The fourth-order valence-corrected chi connectivity index (χ4v) is 3.34. The molecule has 2 aromatic rings. The van der Waals surface area contributed by atoms with E-state index in [-0.39, 0.29) is 0 Å². The summed E-state index contributed by atoms with van der Waals surface area (Å²) in [6.07, 6.45) is 3.77. The maximum absolute atomic E-state index is 4.74. The Hall–Kier alpha value is -2.30. The van der Waals surface area contributed by atoms with Crippen molar-refractivity contribution in [3.63, 3.8) is 0 Å². The smallest absolute Gasteiger partial charge is 0.227 e. The van der Waals surface area contributed by atoms with Gasteiger partial charge in [-0.05, 0) is 64.3 Å². The SMILES string of the molecule is CCN(CC)c1ccc(Nc2cc(C)nc(N3CCCCC3)n2)cc1. The maximum Gasteiger partial charge on any atom is 0.227 e. The molecule has 1 aromatic heterocycles. The first-order valence-electron chi connectivity index (χ1n) is 9.42. The van der Waals surface area contributed by atoms with Crippen molar-refractivity contribution in [2.75, 3.05) is 41.3 Å². The quantitative estimate of drug-likeness (QED) is 0.847. The Morgan fingerprint density at radius 3 is 2.32 bits per heavy atom. The Labute approximate surface area is 151 Å². The van der Waals surface area contributed by atoms with Crippen LogP contribution in [0, 0.1) is 6.92 Å². The van der Waals surface area contributed by atoms with E-state index < -0.39 is 0 Å². The van der Waals surface area contributed by atoms with Gasteiger partial charge in [-0.25, -0.2) is 4.98 Å². The predicted octanol–water partition coefficient (Wildman–Crippen LogP) is 4.37. The van der Waals surface area contributed by atoms with E-state index in [2.05, 4.69) is 58.2 Å². The molecule has 0 radical (unpaired) electrons. The first-order chi connectivity index (χ1) is 12.2. The van der Waals surface area contributed by atoms with Gasteiger partial charge >= 0.3 is 0 Å². The lowest BCUT2D eigenvalue weighted by atomic mass is 10.1. The number of rotatable bonds is 6. The fraction of sp³-hybridized carbons (Fsp3) is 0.500. The van der Waals surface area contributed by atoms with Gasteiger partial charge in [0, 0.05) is 49.3 Å². The number of piperidine rings is 1. The molecule has 0 spiro atoms. The van der Waals surface area contributed by atoms with Crippen LogP contribution in [0.1, 0.15) is 38.8 Å². The van der Waals surface area contributed by atoms with Crippen LogP contribution < -0.4 is 15.1 Å². The van der Waals surface area contributed by atoms with E-state index in [0.717, 1.165) is 49.3 Å². The van der Waals surface area contributed by atoms with Crippen molar-refractivity contribution in [2.24, 2.45) is 0 Å². The fourth-order valence-electron chi connectivity index (χ4n) is 3.34. The number of nitrogens with zero attached hydrogens (tertiary/aromatic N) is 4. The minimum Gasteiger partial charge on any atom is -0.372 e. The molecular weight excluding hydrogens is 310 g/mol. The first kappa shape index (κ1) is 17.5. The summed E-state index contributed by atoms with van der Waals surface area (Å²) in [6.45, 7) is 10.6. The van der Waals surface area contributed by atoms with E-state index in [1.807, 2.05) is 13.0 Å².